The number of nitrogens with zero attached hydrogens (tertiary/aromatic N) is 1. The Balaban J connectivity index is 0.00000341. The number of aliphatic imine (C=N–C) groups is 1. The van der Waals surface area contributed by atoms with Crippen LogP contribution in [0.15, 0.2) is 41.4 Å². The molecule has 0 unspecified atom stereocenters. The Morgan fingerprint density at radius 2 is 1.94 bits per heavy atom. The van der Waals surface area contributed by atoms with Gasteiger partial charge >= 0.3 is 6.61 Å². The van der Waals surface area contributed by atoms with Gasteiger partial charge in [-0.2, -0.15) is 8.78 Å². The number of guanidine groups is 1. The molecule has 3 rings (SSSR count). The second kappa shape index (κ2) is 12.4. The number of rotatable bonds is 9. The van der Waals surface area contributed by atoms with Crippen LogP contribution >= 0.6 is 24.0 Å². The minimum atomic E-state index is -2.94. The quantitative estimate of drug-likeness (QED) is 0.281. The van der Waals surface area contributed by atoms with Crippen molar-refractivity contribution in [1.82, 2.24) is 10.6 Å². The molecule has 0 radical (unpaired) electrons. The number of alkyl halides is 2. The molecule has 0 bridgehead atoms. The van der Waals surface area contributed by atoms with Gasteiger partial charge in [-0.05, 0) is 37.1 Å². The van der Waals surface area contributed by atoms with E-state index in [1.54, 1.807) is 13.2 Å². The number of fused-ring (bicyclic) bond motifs is 1. The molecule has 0 atom stereocenters. The summed E-state index contributed by atoms with van der Waals surface area (Å²) in [6.07, 6.45) is 0.769. The van der Waals surface area contributed by atoms with E-state index in [4.69, 9.17) is 14.2 Å². The van der Waals surface area contributed by atoms with Crippen molar-refractivity contribution in [2.24, 2.45) is 4.99 Å². The van der Waals surface area contributed by atoms with Gasteiger partial charge in [-0.1, -0.05) is 12.1 Å². The topological polar surface area (TPSA) is 73.3 Å². The van der Waals surface area contributed by atoms with E-state index in [9.17, 15) is 8.78 Å². The van der Waals surface area contributed by atoms with Gasteiger partial charge in [-0.15, -0.1) is 24.0 Å². The van der Waals surface area contributed by atoms with Crippen LogP contribution in [0.1, 0.15) is 18.1 Å². The minimum absolute atomic E-state index is 0. The summed E-state index contributed by atoms with van der Waals surface area (Å²) in [4.78, 5) is 4.49. The normalized spacial score (nSPS) is 12.4. The number of hydrogen-bond donors (Lipinski definition) is 2. The maximum atomic E-state index is 12.8. The van der Waals surface area contributed by atoms with Crippen LogP contribution in [0.25, 0.3) is 0 Å². The van der Waals surface area contributed by atoms with Gasteiger partial charge in [-0.3, -0.25) is 0 Å². The highest BCUT2D eigenvalue weighted by atomic mass is 127. The fourth-order valence-corrected chi connectivity index (χ4v) is 2.95. The molecule has 7 nitrogen and oxygen atoms in total. The summed E-state index contributed by atoms with van der Waals surface area (Å²) >= 11 is 0. The van der Waals surface area contributed by atoms with Gasteiger partial charge in [0.25, 0.3) is 0 Å². The number of halogens is 3. The predicted molar refractivity (Wildman–Crippen MR) is 124 cm³/mol. The molecule has 0 saturated carbocycles. The molecule has 0 saturated heterocycles. The third kappa shape index (κ3) is 7.30. The van der Waals surface area contributed by atoms with Crippen molar-refractivity contribution in [1.29, 1.82) is 0 Å². The van der Waals surface area contributed by atoms with E-state index in [0.29, 0.717) is 36.1 Å². The van der Waals surface area contributed by atoms with E-state index in [0.717, 1.165) is 17.7 Å². The van der Waals surface area contributed by atoms with Crippen LogP contribution in [0.4, 0.5) is 8.78 Å². The molecule has 0 amide bonds. The van der Waals surface area contributed by atoms with E-state index >= 15 is 0 Å². The summed E-state index contributed by atoms with van der Waals surface area (Å²) in [5, 5.41) is 6.39. The molecule has 0 aliphatic carbocycles. The van der Waals surface area contributed by atoms with Crippen molar-refractivity contribution in [3.05, 3.63) is 47.5 Å². The van der Waals surface area contributed by atoms with E-state index in [-0.39, 0.29) is 43.1 Å². The average Bonchev–Trinajstić information content (AvgIpc) is 3.18. The Hall–Kier alpha value is -2.50. The second-order valence-electron chi connectivity index (χ2n) is 6.42. The van der Waals surface area contributed by atoms with E-state index < -0.39 is 6.61 Å². The molecule has 1 heterocycles. The summed E-state index contributed by atoms with van der Waals surface area (Å²) in [6.45, 7) is 0.484. The summed E-state index contributed by atoms with van der Waals surface area (Å²) in [6, 6.07) is 10.9. The number of nitrogens with one attached hydrogen (secondary N) is 2. The van der Waals surface area contributed by atoms with Crippen LogP contribution in [0.2, 0.25) is 0 Å². The molecule has 2 aromatic rings. The lowest BCUT2D eigenvalue weighted by Gasteiger charge is -2.13. The standard InChI is InChI=1S/C21H25F2N3O4.HI/c1-3-24-21(25-8-7-14-5-4-6-16(9-14)27-2)26-12-15-10-18-19(29-13-28-18)11-17(15)30-20(22)23;/h4-6,9-11,20H,3,7-8,12-13H2,1-2H3,(H2,24,25,26);1H. The third-order valence-corrected chi connectivity index (χ3v) is 4.36. The van der Waals surface area contributed by atoms with Crippen LogP contribution in [0.5, 0.6) is 23.0 Å². The predicted octanol–water partition coefficient (Wildman–Crippen LogP) is 3.94. The zero-order valence-corrected chi connectivity index (χ0v) is 19.7. The van der Waals surface area contributed by atoms with Gasteiger partial charge in [0.05, 0.1) is 13.7 Å². The SMILES string of the molecule is CCNC(=NCc1cc2c(cc1OC(F)F)OCO2)NCCc1cccc(OC)c1.I. The fourth-order valence-electron chi connectivity index (χ4n) is 2.95. The molecule has 10 heteroatoms. The summed E-state index contributed by atoms with van der Waals surface area (Å²) in [5.74, 6) is 2.26. The third-order valence-electron chi connectivity index (χ3n) is 4.36. The Bertz CT molecular complexity index is 884. The van der Waals surface area contributed by atoms with Gasteiger partial charge in [0.1, 0.15) is 11.5 Å². The van der Waals surface area contributed by atoms with Crippen LogP contribution in [-0.2, 0) is 13.0 Å². The average molecular weight is 549 g/mol. The molecule has 170 valence electrons. The van der Waals surface area contributed by atoms with E-state index in [1.165, 1.54) is 6.07 Å². The zero-order valence-electron chi connectivity index (χ0n) is 17.3. The summed E-state index contributed by atoms with van der Waals surface area (Å²) in [5.41, 5.74) is 1.60. The number of methoxy groups -OCH3 is 1. The van der Waals surface area contributed by atoms with Gasteiger partial charge in [0, 0.05) is 24.7 Å². The van der Waals surface area contributed by atoms with Crippen LogP contribution in [0, 0.1) is 0 Å². The van der Waals surface area contributed by atoms with Crippen molar-refractivity contribution in [3.63, 3.8) is 0 Å². The highest BCUT2D eigenvalue weighted by molar-refractivity contribution is 14.0. The Labute approximate surface area is 197 Å². The lowest BCUT2D eigenvalue weighted by Crippen LogP contribution is -2.38. The largest absolute Gasteiger partial charge is 0.497 e. The van der Waals surface area contributed by atoms with Crippen LogP contribution < -0.4 is 29.6 Å². The van der Waals surface area contributed by atoms with Gasteiger partial charge in [0.15, 0.2) is 17.5 Å². The van der Waals surface area contributed by atoms with E-state index in [2.05, 4.69) is 20.4 Å². The van der Waals surface area contributed by atoms with Gasteiger partial charge in [-0.25, -0.2) is 4.99 Å². The molecule has 2 N–H and O–H groups in total. The molecule has 0 fully saturated rings. The number of hydrogen-bond acceptors (Lipinski definition) is 5. The second-order valence-corrected chi connectivity index (χ2v) is 6.42. The molecular formula is C21H26F2IN3O4. The highest BCUT2D eigenvalue weighted by Gasteiger charge is 2.20. The first-order valence-electron chi connectivity index (χ1n) is 9.61. The van der Waals surface area contributed by atoms with Crippen molar-refractivity contribution < 1.29 is 27.7 Å². The van der Waals surface area contributed by atoms with E-state index in [1.807, 2.05) is 31.2 Å². The lowest BCUT2D eigenvalue weighted by atomic mass is 10.1. The molecule has 2 aromatic carbocycles. The minimum Gasteiger partial charge on any atom is -0.497 e. The first kappa shape index (κ1) is 24.8. The monoisotopic (exact) mass is 549 g/mol. The molecule has 1 aliphatic rings. The Morgan fingerprint density at radius 1 is 1.16 bits per heavy atom. The Morgan fingerprint density at radius 3 is 2.65 bits per heavy atom. The summed E-state index contributed by atoms with van der Waals surface area (Å²) in [7, 11) is 1.63. The Kier molecular flexibility index (Phi) is 9.89. The summed E-state index contributed by atoms with van der Waals surface area (Å²) < 4.78 is 46.0. The number of benzene rings is 2. The van der Waals surface area contributed by atoms with Crippen molar-refractivity contribution in [2.75, 3.05) is 27.0 Å². The van der Waals surface area contributed by atoms with Gasteiger partial charge in [0.2, 0.25) is 6.79 Å². The first-order valence-corrected chi connectivity index (χ1v) is 9.61. The number of ether oxygens (including phenoxy) is 4. The van der Waals surface area contributed by atoms with Crippen molar-refractivity contribution >= 4 is 29.9 Å². The van der Waals surface area contributed by atoms with Gasteiger partial charge < -0.3 is 29.6 Å². The lowest BCUT2D eigenvalue weighted by molar-refractivity contribution is -0.0505. The molecule has 31 heavy (non-hydrogen) atoms. The maximum Gasteiger partial charge on any atom is 0.387 e. The molecule has 1 aliphatic heterocycles. The van der Waals surface area contributed by atoms with Crippen LogP contribution in [0.3, 0.4) is 0 Å². The maximum absolute atomic E-state index is 12.8. The molecular weight excluding hydrogens is 523 g/mol. The van der Waals surface area contributed by atoms with Crippen molar-refractivity contribution in [2.45, 2.75) is 26.5 Å². The van der Waals surface area contributed by atoms with Crippen LogP contribution in [-0.4, -0.2) is 39.6 Å². The van der Waals surface area contributed by atoms with Crippen molar-refractivity contribution in [3.8, 4) is 23.0 Å². The highest BCUT2D eigenvalue weighted by Crippen LogP contribution is 2.39. The molecule has 0 aromatic heterocycles. The zero-order chi connectivity index (χ0) is 21.3. The fraction of sp³-hybridized carbons (Fsp3) is 0.381. The smallest absolute Gasteiger partial charge is 0.387 e. The first-order chi connectivity index (χ1) is 14.6. The molecule has 0 spiro atoms.